The van der Waals surface area contributed by atoms with Gasteiger partial charge in [-0.2, -0.15) is 0 Å². The molecule has 22 heavy (non-hydrogen) atoms. The molecule has 1 saturated carbocycles. The van der Waals surface area contributed by atoms with E-state index in [0.29, 0.717) is 28.4 Å². The van der Waals surface area contributed by atoms with E-state index in [1.807, 2.05) is 20.9 Å². The number of aromatic amines is 1. The number of carbonyl (C=O) groups is 2. The molecule has 122 valence electrons. The van der Waals surface area contributed by atoms with Gasteiger partial charge in [-0.05, 0) is 58.9 Å². The molecule has 5 nitrogen and oxygen atoms in total. The highest BCUT2D eigenvalue weighted by atomic mass is 16.5. The number of rotatable bonds is 5. The molecule has 0 bridgehead atoms. The third-order valence-corrected chi connectivity index (χ3v) is 4.43. The number of H-pyrrole nitrogens is 1. The van der Waals surface area contributed by atoms with Gasteiger partial charge in [0, 0.05) is 18.8 Å². The molecule has 1 aliphatic rings. The number of carbonyl (C=O) groups excluding carboxylic acids is 2. The van der Waals surface area contributed by atoms with Gasteiger partial charge >= 0.3 is 5.97 Å². The Morgan fingerprint density at radius 3 is 2.32 bits per heavy atom. The van der Waals surface area contributed by atoms with E-state index in [4.69, 9.17) is 4.74 Å². The zero-order chi connectivity index (χ0) is 16.6. The number of amides is 1. The highest BCUT2D eigenvalue weighted by molar-refractivity contribution is 6.00. The Morgan fingerprint density at radius 2 is 1.82 bits per heavy atom. The minimum Gasteiger partial charge on any atom is -0.459 e. The first-order valence-electron chi connectivity index (χ1n) is 7.91. The largest absolute Gasteiger partial charge is 0.459 e. The van der Waals surface area contributed by atoms with E-state index in [1.54, 1.807) is 18.7 Å². The summed E-state index contributed by atoms with van der Waals surface area (Å²) in [5.41, 5.74) is 2.31. The van der Waals surface area contributed by atoms with Crippen molar-refractivity contribution in [2.75, 3.05) is 7.05 Å². The standard InChI is InChI=1S/C17H26N2O3/c1-9(2)22-17(21)14-10(3)15(18-11(14)4)16(20)19(6)12(5)13-7-8-13/h9,12-13,18H,7-8H2,1-6H3. The molecule has 1 unspecified atom stereocenters. The van der Waals surface area contributed by atoms with E-state index >= 15 is 0 Å². The summed E-state index contributed by atoms with van der Waals surface area (Å²) in [6.07, 6.45) is 2.19. The number of aryl methyl sites for hydroxylation is 1. The van der Waals surface area contributed by atoms with E-state index in [-0.39, 0.29) is 24.0 Å². The summed E-state index contributed by atoms with van der Waals surface area (Å²) in [4.78, 5) is 29.7. The number of nitrogens with one attached hydrogen (secondary N) is 1. The van der Waals surface area contributed by atoms with Gasteiger partial charge < -0.3 is 14.6 Å². The van der Waals surface area contributed by atoms with Gasteiger partial charge in [-0.3, -0.25) is 4.79 Å². The molecule has 0 radical (unpaired) electrons. The molecular formula is C17H26N2O3. The molecule has 0 aromatic carbocycles. The lowest BCUT2D eigenvalue weighted by molar-refractivity contribution is 0.0376. The minimum atomic E-state index is -0.377. The van der Waals surface area contributed by atoms with Crippen molar-refractivity contribution >= 4 is 11.9 Å². The number of nitrogens with zero attached hydrogens (tertiary/aromatic N) is 1. The van der Waals surface area contributed by atoms with Crippen LogP contribution in [0.1, 0.15) is 65.7 Å². The number of esters is 1. The molecule has 1 amide bonds. The van der Waals surface area contributed by atoms with Gasteiger partial charge in [0.05, 0.1) is 11.7 Å². The van der Waals surface area contributed by atoms with Gasteiger partial charge in [0.2, 0.25) is 0 Å². The van der Waals surface area contributed by atoms with E-state index in [2.05, 4.69) is 11.9 Å². The molecule has 1 heterocycles. The molecule has 5 heteroatoms. The summed E-state index contributed by atoms with van der Waals surface area (Å²) in [5, 5.41) is 0. The van der Waals surface area contributed by atoms with Crippen molar-refractivity contribution in [2.45, 2.75) is 59.6 Å². The Bertz CT molecular complexity index is 585. The van der Waals surface area contributed by atoms with Crippen LogP contribution in [0.4, 0.5) is 0 Å². The van der Waals surface area contributed by atoms with Gasteiger partial charge in [0.25, 0.3) is 5.91 Å². The fourth-order valence-corrected chi connectivity index (χ4v) is 2.80. The van der Waals surface area contributed by atoms with Crippen LogP contribution >= 0.6 is 0 Å². The summed E-state index contributed by atoms with van der Waals surface area (Å²) in [6, 6.07) is 0.224. The van der Waals surface area contributed by atoms with Crippen LogP contribution in [0.2, 0.25) is 0 Å². The zero-order valence-corrected chi connectivity index (χ0v) is 14.3. The molecule has 0 aliphatic heterocycles. The highest BCUT2D eigenvalue weighted by Crippen LogP contribution is 2.35. The summed E-state index contributed by atoms with van der Waals surface area (Å²) < 4.78 is 5.26. The second-order valence-electron chi connectivity index (χ2n) is 6.57. The maximum Gasteiger partial charge on any atom is 0.340 e. The maximum atomic E-state index is 12.7. The Morgan fingerprint density at radius 1 is 1.23 bits per heavy atom. The minimum absolute atomic E-state index is 0.0661. The van der Waals surface area contributed by atoms with E-state index < -0.39 is 0 Å². The first kappa shape index (κ1) is 16.6. The van der Waals surface area contributed by atoms with Crippen LogP contribution in [0, 0.1) is 19.8 Å². The average Bonchev–Trinajstić information content (AvgIpc) is 3.22. The van der Waals surface area contributed by atoms with Crippen molar-refractivity contribution in [3.63, 3.8) is 0 Å². The Hall–Kier alpha value is -1.78. The van der Waals surface area contributed by atoms with Crippen LogP contribution in [0.15, 0.2) is 0 Å². The van der Waals surface area contributed by atoms with Crippen LogP contribution in [0.5, 0.6) is 0 Å². The highest BCUT2D eigenvalue weighted by Gasteiger charge is 2.34. The van der Waals surface area contributed by atoms with Gasteiger partial charge in [-0.1, -0.05) is 0 Å². The first-order chi connectivity index (χ1) is 10.2. The average molecular weight is 306 g/mol. The van der Waals surface area contributed by atoms with Crippen molar-refractivity contribution < 1.29 is 14.3 Å². The van der Waals surface area contributed by atoms with Crippen LogP contribution in [0.25, 0.3) is 0 Å². The van der Waals surface area contributed by atoms with Crippen LogP contribution in [0.3, 0.4) is 0 Å². The lowest BCUT2D eigenvalue weighted by atomic mass is 10.1. The fourth-order valence-electron chi connectivity index (χ4n) is 2.80. The summed E-state index contributed by atoms with van der Waals surface area (Å²) in [7, 11) is 1.83. The topological polar surface area (TPSA) is 62.4 Å². The number of hydrogen-bond donors (Lipinski definition) is 1. The predicted molar refractivity (Wildman–Crippen MR) is 85.1 cm³/mol. The Kier molecular flexibility index (Phi) is 4.63. The SMILES string of the molecule is Cc1[nH]c(C(=O)N(C)C(C)C2CC2)c(C)c1C(=O)OC(C)C. The molecular weight excluding hydrogens is 280 g/mol. The van der Waals surface area contributed by atoms with Crippen molar-refractivity contribution in [3.05, 3.63) is 22.5 Å². The number of ether oxygens (including phenoxy) is 1. The van der Waals surface area contributed by atoms with Crippen molar-refractivity contribution in [1.29, 1.82) is 0 Å². The van der Waals surface area contributed by atoms with Crippen LogP contribution in [-0.2, 0) is 4.74 Å². The predicted octanol–water partition coefficient (Wildman–Crippen LogP) is 3.07. The normalized spacial score (nSPS) is 15.8. The third-order valence-electron chi connectivity index (χ3n) is 4.43. The molecule has 1 aromatic heterocycles. The van der Waals surface area contributed by atoms with Crippen molar-refractivity contribution in [1.82, 2.24) is 9.88 Å². The van der Waals surface area contributed by atoms with Gasteiger partial charge in [-0.25, -0.2) is 4.79 Å². The lowest BCUT2D eigenvalue weighted by Gasteiger charge is -2.24. The fraction of sp³-hybridized carbons (Fsp3) is 0.647. The number of aromatic nitrogens is 1. The number of hydrogen-bond acceptors (Lipinski definition) is 3. The molecule has 1 N–H and O–H groups in total. The van der Waals surface area contributed by atoms with Crippen LogP contribution in [-0.4, -0.2) is 41.0 Å². The molecule has 2 rings (SSSR count). The Balaban J connectivity index is 2.25. The lowest BCUT2D eigenvalue weighted by Crippen LogP contribution is -2.37. The molecule has 0 saturated heterocycles. The van der Waals surface area contributed by atoms with Crippen molar-refractivity contribution in [2.24, 2.45) is 5.92 Å². The molecule has 0 spiro atoms. The molecule has 1 aromatic rings. The van der Waals surface area contributed by atoms with E-state index in [9.17, 15) is 9.59 Å². The second-order valence-corrected chi connectivity index (χ2v) is 6.57. The summed E-state index contributed by atoms with van der Waals surface area (Å²) in [6.45, 7) is 9.29. The smallest absolute Gasteiger partial charge is 0.340 e. The Labute approximate surface area is 132 Å². The quantitative estimate of drug-likeness (QED) is 0.850. The zero-order valence-electron chi connectivity index (χ0n) is 14.3. The third kappa shape index (κ3) is 3.18. The second kappa shape index (κ2) is 6.15. The molecule has 1 atom stereocenters. The van der Waals surface area contributed by atoms with Gasteiger partial charge in [0.15, 0.2) is 0 Å². The molecule has 1 aliphatic carbocycles. The van der Waals surface area contributed by atoms with E-state index in [1.165, 1.54) is 12.8 Å². The van der Waals surface area contributed by atoms with Gasteiger partial charge in [-0.15, -0.1) is 0 Å². The van der Waals surface area contributed by atoms with Crippen LogP contribution < -0.4 is 0 Å². The summed E-state index contributed by atoms with van der Waals surface area (Å²) in [5.74, 6) is 0.164. The summed E-state index contributed by atoms with van der Waals surface area (Å²) >= 11 is 0. The maximum absolute atomic E-state index is 12.7. The van der Waals surface area contributed by atoms with Crippen molar-refractivity contribution in [3.8, 4) is 0 Å². The van der Waals surface area contributed by atoms with E-state index in [0.717, 1.165) is 0 Å². The van der Waals surface area contributed by atoms with Gasteiger partial charge in [0.1, 0.15) is 5.69 Å². The molecule has 1 fully saturated rings. The monoisotopic (exact) mass is 306 g/mol. The first-order valence-corrected chi connectivity index (χ1v) is 7.91.